The summed E-state index contributed by atoms with van der Waals surface area (Å²) in [4.78, 5) is 48.5. The van der Waals surface area contributed by atoms with Crippen molar-refractivity contribution in [1.82, 2.24) is 19.8 Å². The topological polar surface area (TPSA) is 209 Å². The number of nitrogens with two attached hydrogens (primary N) is 2. The Balaban J connectivity index is 1.21. The van der Waals surface area contributed by atoms with Crippen molar-refractivity contribution in [3.05, 3.63) is 88.2 Å². The molecule has 0 aliphatic carbocycles. The summed E-state index contributed by atoms with van der Waals surface area (Å²) in [7, 11) is 1.26. The molecule has 0 radical (unpaired) electrons. The minimum absolute atomic E-state index is 0.141. The second-order valence-corrected chi connectivity index (χ2v) is 12.4. The molecule has 0 unspecified atom stereocenters. The number of aliphatic carboxylic acids is 1. The highest BCUT2D eigenvalue weighted by molar-refractivity contribution is 8.00. The molecule has 6 N–H and O–H groups in total. The number of carboxylic acid groups (broad SMARTS) is 1. The summed E-state index contributed by atoms with van der Waals surface area (Å²) in [6, 6.07) is 7.12. The first kappa shape index (κ1) is 30.7. The molecule has 2 amide bonds. The normalized spacial score (nSPS) is 17.9. The first-order chi connectivity index (χ1) is 22.0. The fourth-order valence-electron chi connectivity index (χ4n) is 5.35. The lowest BCUT2D eigenvalue weighted by Gasteiger charge is -2.50. The maximum atomic E-state index is 14.8. The van der Waals surface area contributed by atoms with Gasteiger partial charge in [-0.05, 0) is 12.1 Å². The van der Waals surface area contributed by atoms with E-state index in [9.17, 15) is 23.9 Å². The molecule has 0 saturated carbocycles. The van der Waals surface area contributed by atoms with Crippen molar-refractivity contribution < 1.29 is 33.3 Å². The van der Waals surface area contributed by atoms with Crippen LogP contribution in [0.15, 0.2) is 70.7 Å². The van der Waals surface area contributed by atoms with E-state index in [1.807, 2.05) is 29.1 Å². The number of thioether (sulfide) groups is 1. The molecule has 17 heteroatoms. The highest BCUT2D eigenvalue weighted by Crippen LogP contribution is 2.40. The molecule has 6 rings (SSSR count). The van der Waals surface area contributed by atoms with Crippen LogP contribution in [-0.4, -0.2) is 68.1 Å². The maximum absolute atomic E-state index is 14.8. The first-order valence-electron chi connectivity index (χ1n) is 13.7. The first-order valence-corrected chi connectivity index (χ1v) is 15.6. The van der Waals surface area contributed by atoms with Gasteiger partial charge in [0, 0.05) is 45.5 Å². The number of benzene rings is 1. The average molecular weight is 664 g/mol. The number of fused-ring (bicyclic) bond motifs is 2. The number of thiazole rings is 1. The van der Waals surface area contributed by atoms with Crippen molar-refractivity contribution in [2.24, 2.45) is 10.9 Å². The van der Waals surface area contributed by atoms with Crippen molar-refractivity contribution in [2.75, 3.05) is 18.6 Å². The zero-order valence-electron chi connectivity index (χ0n) is 24.1. The molecule has 0 spiro atoms. The highest BCUT2D eigenvalue weighted by atomic mass is 32.2. The summed E-state index contributed by atoms with van der Waals surface area (Å²) in [6.07, 6.45) is 5.42. The third kappa shape index (κ3) is 5.65. The number of anilines is 1. The van der Waals surface area contributed by atoms with Crippen LogP contribution in [0.5, 0.6) is 0 Å². The number of amides is 2. The van der Waals surface area contributed by atoms with E-state index in [4.69, 9.17) is 21.7 Å². The minimum Gasteiger partial charge on any atom is -0.543 e. The number of hydrogen-bond acceptors (Lipinski definition) is 11. The van der Waals surface area contributed by atoms with Gasteiger partial charge in [-0.1, -0.05) is 17.3 Å². The van der Waals surface area contributed by atoms with E-state index in [0.29, 0.717) is 16.7 Å². The van der Waals surface area contributed by atoms with Crippen LogP contribution in [0, 0.1) is 11.2 Å². The number of carbonyl (C=O) groups is 3. The Hall–Kier alpha value is -5.29. The SMILES string of the molecule is CO/N=C(\C(=O)N[C@@H]1C(=O)N2C(C(=O)[O-])=C(C[n+]3ccc4ccn(Cc5ccc(C(=N)N)cc5F)c4c3)CS[C@H]12)c1csc(N)n1. The van der Waals surface area contributed by atoms with Gasteiger partial charge >= 0.3 is 0 Å². The number of pyridine rings is 1. The minimum atomic E-state index is -1.51. The quantitative estimate of drug-likeness (QED) is 0.0586. The predicted octanol–water partition coefficient (Wildman–Crippen LogP) is -0.106. The number of nitrogens with one attached hydrogen (secondary N) is 2. The fourth-order valence-corrected chi connectivity index (χ4v) is 7.23. The van der Waals surface area contributed by atoms with Crippen molar-refractivity contribution in [3.63, 3.8) is 0 Å². The Morgan fingerprint density at radius 3 is 2.80 bits per heavy atom. The molecule has 1 saturated heterocycles. The van der Waals surface area contributed by atoms with E-state index in [1.165, 1.54) is 30.3 Å². The largest absolute Gasteiger partial charge is 0.543 e. The molecule has 2 aliphatic rings. The van der Waals surface area contributed by atoms with Crippen molar-refractivity contribution in [2.45, 2.75) is 24.5 Å². The van der Waals surface area contributed by atoms with Gasteiger partial charge in [0.2, 0.25) is 0 Å². The molecule has 1 fully saturated rings. The number of carbonyl (C=O) groups excluding carboxylic acids is 3. The molecule has 3 aromatic heterocycles. The lowest BCUT2D eigenvalue weighted by atomic mass is 10.0. The summed E-state index contributed by atoms with van der Waals surface area (Å²) >= 11 is 2.41. The van der Waals surface area contributed by atoms with E-state index < -0.39 is 35.0 Å². The van der Waals surface area contributed by atoms with Crippen molar-refractivity contribution >= 4 is 68.5 Å². The van der Waals surface area contributed by atoms with Gasteiger partial charge in [0.15, 0.2) is 29.8 Å². The molecule has 4 aromatic rings. The Bertz CT molecular complexity index is 1990. The summed E-state index contributed by atoms with van der Waals surface area (Å²) in [5.41, 5.74) is 12.8. The molecule has 0 bridgehead atoms. The molecule has 2 aliphatic heterocycles. The van der Waals surface area contributed by atoms with Crippen molar-refractivity contribution in [1.29, 1.82) is 5.41 Å². The molecule has 46 heavy (non-hydrogen) atoms. The average Bonchev–Trinajstić information content (AvgIpc) is 3.64. The summed E-state index contributed by atoms with van der Waals surface area (Å²) in [5, 5.41) is 28.2. The number of oxime groups is 1. The van der Waals surface area contributed by atoms with Crippen molar-refractivity contribution in [3.8, 4) is 0 Å². The molecular formula is C29H26FN9O5S2. The molecule has 14 nitrogen and oxygen atoms in total. The second kappa shape index (κ2) is 12.2. The second-order valence-electron chi connectivity index (χ2n) is 10.4. The number of hydrogen-bond donors (Lipinski definition) is 4. The van der Waals surface area contributed by atoms with E-state index in [0.717, 1.165) is 27.1 Å². The number of amidine groups is 1. The molecular weight excluding hydrogens is 638 g/mol. The van der Waals surface area contributed by atoms with Crippen LogP contribution in [0.25, 0.3) is 10.9 Å². The van der Waals surface area contributed by atoms with E-state index >= 15 is 0 Å². The summed E-state index contributed by atoms with van der Waals surface area (Å²) in [6.45, 7) is 0.354. The van der Waals surface area contributed by atoms with Crippen LogP contribution >= 0.6 is 23.1 Å². The van der Waals surface area contributed by atoms with Gasteiger partial charge < -0.3 is 36.1 Å². The van der Waals surface area contributed by atoms with E-state index in [1.54, 1.807) is 22.9 Å². The Morgan fingerprint density at radius 1 is 1.33 bits per heavy atom. The predicted molar refractivity (Wildman–Crippen MR) is 166 cm³/mol. The number of nitrogen functional groups attached to an aromatic ring is 2. The highest BCUT2D eigenvalue weighted by Gasteiger charge is 2.53. The number of rotatable bonds is 10. The number of nitrogens with zero attached hydrogens (tertiary/aromatic N) is 5. The summed E-state index contributed by atoms with van der Waals surface area (Å²) < 4.78 is 18.4. The van der Waals surface area contributed by atoms with Crippen LogP contribution < -0.4 is 26.5 Å². The smallest absolute Gasteiger partial charge is 0.276 e. The van der Waals surface area contributed by atoms with Gasteiger partial charge in [0.05, 0.1) is 18.2 Å². The zero-order chi connectivity index (χ0) is 32.7. The standard InChI is InChI=1S/C29H26FN9O5S2/c1-44-36-21(19-13-46-29(33)34-19)25(40)35-22-26(41)39-23(28(42)43)17(12-45-27(22)39)9-37-6-4-14-5-7-38(20(14)11-37)10-16-3-2-15(24(31)32)8-18(16)30/h2-8,11,13,22,27H,9-10,12H2,1H3,(H6-,31,32,33,34,35,40,42,43)/b36-21-/t22-,27-/m1/s1. The van der Waals surface area contributed by atoms with E-state index in [-0.39, 0.29) is 46.9 Å². The van der Waals surface area contributed by atoms with Gasteiger partial charge in [-0.25, -0.2) is 9.37 Å². The molecule has 5 heterocycles. The van der Waals surface area contributed by atoms with Crippen LogP contribution in [-0.2, 0) is 32.3 Å². The number of halogens is 1. The number of β-lactam (4-membered cyclic amide) rings is 1. The van der Waals surface area contributed by atoms with Crippen LogP contribution in [0.4, 0.5) is 9.52 Å². The molecule has 2 atom stereocenters. The Kier molecular flexibility index (Phi) is 8.18. The molecule has 236 valence electrons. The van der Waals surface area contributed by atoms with Gasteiger partial charge in [-0.3, -0.25) is 19.9 Å². The Morgan fingerprint density at radius 2 is 2.13 bits per heavy atom. The third-order valence-corrected chi connectivity index (χ3v) is 9.55. The summed E-state index contributed by atoms with van der Waals surface area (Å²) in [5.74, 6) is -3.29. The fraction of sp³-hybridized carbons (Fsp3) is 0.207. The molecule has 1 aromatic carbocycles. The van der Waals surface area contributed by atoms with Gasteiger partial charge in [0.1, 0.15) is 41.4 Å². The van der Waals surface area contributed by atoms with Crippen LogP contribution in [0.1, 0.15) is 16.8 Å². The number of carboxylic acids is 1. The van der Waals surface area contributed by atoms with Crippen LogP contribution in [0.3, 0.4) is 0 Å². The van der Waals surface area contributed by atoms with Crippen LogP contribution in [0.2, 0.25) is 0 Å². The maximum Gasteiger partial charge on any atom is 0.276 e. The van der Waals surface area contributed by atoms with Gasteiger partial charge in [0.25, 0.3) is 11.8 Å². The van der Waals surface area contributed by atoms with Gasteiger partial charge in [-0.15, -0.1) is 23.1 Å². The Labute approximate surface area is 268 Å². The van der Waals surface area contributed by atoms with E-state index in [2.05, 4.69) is 15.5 Å². The lowest BCUT2D eigenvalue weighted by molar-refractivity contribution is -0.687. The third-order valence-electron chi connectivity index (χ3n) is 7.54. The lowest BCUT2D eigenvalue weighted by Crippen LogP contribution is -2.71. The number of aromatic nitrogens is 3. The zero-order valence-corrected chi connectivity index (χ0v) is 25.7. The monoisotopic (exact) mass is 663 g/mol. The van der Waals surface area contributed by atoms with Gasteiger partial charge in [-0.2, -0.15) is 4.57 Å².